The molecule has 3 unspecified atom stereocenters. The Kier molecular flexibility index (Phi) is 6.85. The molecule has 6 heteroatoms. The van der Waals surface area contributed by atoms with E-state index < -0.39 is 17.3 Å². The van der Waals surface area contributed by atoms with Crippen molar-refractivity contribution in [2.45, 2.75) is 56.8 Å². The van der Waals surface area contributed by atoms with Gasteiger partial charge in [-0.2, -0.15) is 0 Å². The zero-order valence-corrected chi connectivity index (χ0v) is 19.9. The van der Waals surface area contributed by atoms with Gasteiger partial charge in [-0.1, -0.05) is 30.7 Å². The van der Waals surface area contributed by atoms with Crippen LogP contribution in [0.4, 0.5) is 0 Å². The minimum atomic E-state index is -1.16. The molecule has 1 aliphatic heterocycles. The maximum absolute atomic E-state index is 14.0. The van der Waals surface area contributed by atoms with Crippen LogP contribution >= 0.6 is 0 Å². The third kappa shape index (κ3) is 4.15. The summed E-state index contributed by atoms with van der Waals surface area (Å²) in [5, 5.41) is 11.4. The molecule has 2 saturated carbocycles. The Morgan fingerprint density at radius 1 is 0.971 bits per heavy atom. The van der Waals surface area contributed by atoms with E-state index in [4.69, 9.17) is 14.2 Å². The summed E-state index contributed by atoms with van der Waals surface area (Å²) < 4.78 is 17.1. The van der Waals surface area contributed by atoms with Gasteiger partial charge in [-0.25, -0.2) is 0 Å². The number of carbonyl (C=O) groups is 1. The number of methoxy groups -OCH3 is 2. The third-order valence-electron chi connectivity index (χ3n) is 7.87. The van der Waals surface area contributed by atoms with Crippen LogP contribution in [-0.2, 0) is 9.53 Å². The molecule has 3 fully saturated rings. The zero-order chi connectivity index (χ0) is 23.1. The lowest BCUT2D eigenvalue weighted by Gasteiger charge is -2.53. The summed E-state index contributed by atoms with van der Waals surface area (Å²) in [6, 6.07) is 15.5. The lowest BCUT2D eigenvalue weighted by atomic mass is 9.63. The normalized spacial score (nSPS) is 31.7. The first kappa shape index (κ1) is 24.5. The Morgan fingerprint density at radius 3 is 2.26 bits per heavy atom. The number of ketones is 1. The van der Waals surface area contributed by atoms with Crippen molar-refractivity contribution < 1.29 is 29.6 Å². The average molecular weight is 467 g/mol. The van der Waals surface area contributed by atoms with Gasteiger partial charge in [0.1, 0.15) is 11.5 Å². The summed E-state index contributed by atoms with van der Waals surface area (Å²) in [6.07, 6.45) is 7.19. The molecule has 182 valence electrons. The Bertz CT molecular complexity index is 1040. The van der Waals surface area contributed by atoms with E-state index >= 15 is 0 Å². The van der Waals surface area contributed by atoms with Gasteiger partial charge in [0, 0.05) is 12.3 Å². The molecule has 34 heavy (non-hydrogen) atoms. The van der Waals surface area contributed by atoms with E-state index in [1.54, 1.807) is 14.2 Å². The fraction of sp³-hybridized carbons (Fsp3) is 0.464. The fourth-order valence-corrected chi connectivity index (χ4v) is 6.03. The molecule has 1 saturated heterocycles. The van der Waals surface area contributed by atoms with Crippen LogP contribution in [-0.4, -0.2) is 36.4 Å². The van der Waals surface area contributed by atoms with Gasteiger partial charge in [0.05, 0.1) is 25.7 Å². The van der Waals surface area contributed by atoms with Crippen molar-refractivity contribution in [3.8, 4) is 11.5 Å². The first-order chi connectivity index (χ1) is 16.0. The number of Topliss-reactive ketones (excluding diaryl/α,β-unsaturated/α-hetero) is 1. The summed E-state index contributed by atoms with van der Waals surface area (Å²) in [5.74, 6) is 0.548. The highest BCUT2D eigenvalue weighted by molar-refractivity contribution is 6.06. The number of hydrogen-bond donors (Lipinski definition) is 1. The van der Waals surface area contributed by atoms with Gasteiger partial charge in [-0.15, -0.1) is 0 Å². The van der Waals surface area contributed by atoms with Crippen LogP contribution < -0.4 is 9.47 Å². The molecular formula is C28H34O6. The highest BCUT2D eigenvalue weighted by Crippen LogP contribution is 2.61. The second-order valence-corrected chi connectivity index (χ2v) is 9.69. The van der Waals surface area contributed by atoms with E-state index in [0.717, 1.165) is 53.9 Å². The summed E-state index contributed by atoms with van der Waals surface area (Å²) in [7, 11) is 3.28. The Balaban J connectivity index is 0.00000274. The van der Waals surface area contributed by atoms with Gasteiger partial charge < -0.3 is 24.8 Å². The minimum Gasteiger partial charge on any atom is -0.497 e. The number of carbonyl (C=O) groups excluding carboxylic acids is 1. The molecule has 4 atom stereocenters. The van der Waals surface area contributed by atoms with Gasteiger partial charge in [0.2, 0.25) is 0 Å². The van der Waals surface area contributed by atoms with Crippen LogP contribution in [0.3, 0.4) is 0 Å². The number of ether oxygens (including phenoxy) is 3. The van der Waals surface area contributed by atoms with Crippen molar-refractivity contribution in [3.63, 3.8) is 0 Å². The number of fused-ring (bicyclic) bond motifs is 1. The highest BCUT2D eigenvalue weighted by atomic mass is 16.6. The minimum absolute atomic E-state index is 0. The molecule has 1 heterocycles. The Labute approximate surface area is 200 Å². The largest absolute Gasteiger partial charge is 0.497 e. The Morgan fingerprint density at radius 2 is 1.62 bits per heavy atom. The molecule has 3 aliphatic rings. The number of hydrogen-bond acceptors (Lipinski definition) is 5. The summed E-state index contributed by atoms with van der Waals surface area (Å²) in [6.45, 7) is 0. The van der Waals surface area contributed by atoms with E-state index in [-0.39, 0.29) is 17.2 Å². The molecular weight excluding hydrogens is 432 g/mol. The quantitative estimate of drug-likeness (QED) is 0.662. The van der Waals surface area contributed by atoms with Gasteiger partial charge >= 0.3 is 0 Å². The van der Waals surface area contributed by atoms with E-state index in [0.29, 0.717) is 19.3 Å². The molecule has 1 spiro atoms. The predicted molar refractivity (Wildman–Crippen MR) is 130 cm³/mol. The van der Waals surface area contributed by atoms with E-state index in [9.17, 15) is 9.90 Å². The topological polar surface area (TPSA) is 96.5 Å². The monoisotopic (exact) mass is 466 g/mol. The second-order valence-electron chi connectivity index (χ2n) is 9.69. The number of allylic oxidation sites excluding steroid dienone is 1. The van der Waals surface area contributed by atoms with E-state index in [1.807, 2.05) is 54.6 Å². The molecule has 2 aliphatic carbocycles. The molecule has 6 nitrogen and oxygen atoms in total. The van der Waals surface area contributed by atoms with Crippen LogP contribution in [0.25, 0.3) is 6.08 Å². The first-order valence-corrected chi connectivity index (χ1v) is 11.9. The van der Waals surface area contributed by atoms with Crippen molar-refractivity contribution >= 4 is 11.9 Å². The smallest absolute Gasteiger partial charge is 0.169 e. The molecule has 2 aromatic carbocycles. The number of rotatable bonds is 4. The van der Waals surface area contributed by atoms with Crippen LogP contribution in [0, 0.1) is 11.3 Å². The summed E-state index contributed by atoms with van der Waals surface area (Å²) in [5.41, 5.74) is 2.10. The lowest BCUT2D eigenvalue weighted by Crippen LogP contribution is -2.55. The SMILES string of the molecule is COc1ccc(/C=C2\CC[C@]3(CC4CCCCC4(O)OC3c3ccc(OC)cc3)C2=O)cc1.O. The number of aliphatic hydroxyl groups is 1. The summed E-state index contributed by atoms with van der Waals surface area (Å²) >= 11 is 0. The molecule has 0 amide bonds. The predicted octanol–water partition coefficient (Wildman–Crippen LogP) is 4.65. The van der Waals surface area contributed by atoms with Gasteiger partial charge in [0.25, 0.3) is 0 Å². The van der Waals surface area contributed by atoms with Crippen molar-refractivity contribution in [1.82, 2.24) is 0 Å². The van der Waals surface area contributed by atoms with E-state index in [1.165, 1.54) is 0 Å². The maximum atomic E-state index is 14.0. The van der Waals surface area contributed by atoms with Crippen LogP contribution in [0.15, 0.2) is 54.1 Å². The van der Waals surface area contributed by atoms with Gasteiger partial charge in [-0.3, -0.25) is 4.79 Å². The van der Waals surface area contributed by atoms with Crippen molar-refractivity contribution in [3.05, 3.63) is 65.2 Å². The van der Waals surface area contributed by atoms with Gasteiger partial charge in [-0.05, 0) is 79.1 Å². The number of benzene rings is 2. The molecule has 3 N–H and O–H groups in total. The third-order valence-corrected chi connectivity index (χ3v) is 7.87. The van der Waals surface area contributed by atoms with Crippen LogP contribution in [0.2, 0.25) is 0 Å². The first-order valence-electron chi connectivity index (χ1n) is 11.9. The standard InChI is InChI=1S/C28H32O5.H2O/c1-31-23-10-6-19(7-11-23)17-21-14-16-27(25(21)29)18-22-5-3-4-15-28(22,30)33-26(27)20-8-12-24(32-2)13-9-20;/h6-13,17,22,26,30H,3-5,14-16,18H2,1-2H3;1H2/b21-17+;/t22?,26?,27-,28?;/m0./s1. The average Bonchev–Trinajstić information content (AvgIpc) is 3.15. The second kappa shape index (κ2) is 9.53. The van der Waals surface area contributed by atoms with Crippen LogP contribution in [0.5, 0.6) is 11.5 Å². The van der Waals surface area contributed by atoms with Crippen molar-refractivity contribution in [2.24, 2.45) is 11.3 Å². The van der Waals surface area contributed by atoms with Crippen molar-refractivity contribution in [1.29, 1.82) is 0 Å². The molecule has 0 radical (unpaired) electrons. The molecule has 2 aromatic rings. The Hall–Kier alpha value is -2.67. The molecule has 5 rings (SSSR count). The fourth-order valence-electron chi connectivity index (χ4n) is 6.03. The van der Waals surface area contributed by atoms with Gasteiger partial charge in [0.15, 0.2) is 11.6 Å². The van der Waals surface area contributed by atoms with Crippen molar-refractivity contribution in [2.75, 3.05) is 14.2 Å². The van der Waals surface area contributed by atoms with E-state index in [2.05, 4.69) is 0 Å². The molecule has 0 bridgehead atoms. The molecule has 0 aromatic heterocycles. The zero-order valence-electron chi connectivity index (χ0n) is 19.9. The van der Waals surface area contributed by atoms with Crippen LogP contribution in [0.1, 0.15) is 62.2 Å². The maximum Gasteiger partial charge on any atom is 0.169 e. The highest BCUT2D eigenvalue weighted by Gasteiger charge is 2.61. The summed E-state index contributed by atoms with van der Waals surface area (Å²) in [4.78, 5) is 14.0. The lowest BCUT2D eigenvalue weighted by molar-refractivity contribution is -0.323.